The van der Waals surface area contributed by atoms with E-state index < -0.39 is 10.0 Å². The Morgan fingerprint density at radius 2 is 1.77 bits per heavy atom. The van der Waals surface area contributed by atoms with Crippen LogP contribution in [-0.2, 0) is 16.4 Å². The third kappa shape index (κ3) is 4.72. The first-order valence-corrected chi connectivity index (χ1v) is 9.90. The van der Waals surface area contributed by atoms with E-state index in [1.165, 1.54) is 32.8 Å². The van der Waals surface area contributed by atoms with E-state index in [1.54, 1.807) is 12.1 Å². The molecule has 2 aromatic rings. The molecule has 140 valence electrons. The lowest BCUT2D eigenvalue weighted by atomic mass is 10.1. The van der Waals surface area contributed by atoms with Crippen LogP contribution in [0.25, 0.3) is 0 Å². The Kier molecular flexibility index (Phi) is 6.57. The van der Waals surface area contributed by atoms with Crippen molar-refractivity contribution in [3.05, 3.63) is 48.0 Å². The maximum Gasteiger partial charge on any atom is 0.246 e. The first-order valence-electron chi connectivity index (χ1n) is 8.05. The monoisotopic (exact) mass is 393 g/mol. The lowest BCUT2D eigenvalue weighted by Crippen LogP contribution is -2.23. The summed E-state index contributed by atoms with van der Waals surface area (Å²) in [5, 5.41) is 6.49. The number of benzene rings is 2. The standard InChI is InChI=1S/C18H23N3O3S2/c1-5-13-7-6-8-14(11-13)19-18(25)20-15-9-10-16(24-4)17(12-15)26(22,23)21(2)3/h6-12H,5H2,1-4H3,(H2,19,20,25). The molecule has 0 heterocycles. The van der Waals surface area contributed by atoms with Crippen molar-refractivity contribution in [2.24, 2.45) is 0 Å². The summed E-state index contributed by atoms with van der Waals surface area (Å²) < 4.78 is 31.3. The number of anilines is 2. The molecule has 0 radical (unpaired) electrons. The first-order chi connectivity index (χ1) is 12.3. The van der Waals surface area contributed by atoms with Crippen LogP contribution in [-0.4, -0.2) is 39.0 Å². The summed E-state index contributed by atoms with van der Waals surface area (Å²) in [7, 11) is 0.741. The second-order valence-corrected chi connectivity index (χ2v) is 8.31. The fourth-order valence-electron chi connectivity index (χ4n) is 2.32. The van der Waals surface area contributed by atoms with Crippen molar-refractivity contribution < 1.29 is 13.2 Å². The van der Waals surface area contributed by atoms with Gasteiger partial charge in [0.1, 0.15) is 10.6 Å². The zero-order valence-corrected chi connectivity index (χ0v) is 16.9. The summed E-state index contributed by atoms with van der Waals surface area (Å²) in [6, 6.07) is 12.8. The summed E-state index contributed by atoms with van der Waals surface area (Å²) in [5.74, 6) is 0.277. The Bertz CT molecular complexity index is 896. The van der Waals surface area contributed by atoms with Gasteiger partial charge < -0.3 is 15.4 Å². The summed E-state index contributed by atoms with van der Waals surface area (Å²) >= 11 is 5.33. The van der Waals surface area contributed by atoms with Crippen LogP contribution in [0, 0.1) is 0 Å². The van der Waals surface area contributed by atoms with Crippen molar-refractivity contribution in [2.45, 2.75) is 18.2 Å². The summed E-state index contributed by atoms with van der Waals surface area (Å²) in [6.45, 7) is 2.08. The smallest absolute Gasteiger partial charge is 0.246 e. The van der Waals surface area contributed by atoms with Crippen LogP contribution < -0.4 is 15.4 Å². The van der Waals surface area contributed by atoms with E-state index in [1.807, 2.05) is 24.3 Å². The van der Waals surface area contributed by atoms with Gasteiger partial charge in [0.05, 0.1) is 7.11 Å². The number of thiocarbonyl (C=S) groups is 1. The van der Waals surface area contributed by atoms with Crippen molar-refractivity contribution >= 4 is 38.7 Å². The average molecular weight is 394 g/mol. The quantitative estimate of drug-likeness (QED) is 0.734. The van der Waals surface area contributed by atoms with Crippen LogP contribution >= 0.6 is 12.2 Å². The van der Waals surface area contributed by atoms with Crippen LogP contribution in [0.3, 0.4) is 0 Å². The molecule has 0 fully saturated rings. The van der Waals surface area contributed by atoms with Crippen molar-refractivity contribution in [3.8, 4) is 5.75 Å². The normalized spacial score (nSPS) is 11.3. The summed E-state index contributed by atoms with van der Waals surface area (Å²) in [5.41, 5.74) is 2.62. The molecule has 2 rings (SSSR count). The van der Waals surface area contributed by atoms with Crippen molar-refractivity contribution in [1.82, 2.24) is 4.31 Å². The molecule has 0 aromatic heterocycles. The Hall–Kier alpha value is -2.16. The minimum absolute atomic E-state index is 0.0748. The Morgan fingerprint density at radius 3 is 2.35 bits per heavy atom. The van der Waals surface area contributed by atoms with E-state index in [9.17, 15) is 8.42 Å². The molecule has 26 heavy (non-hydrogen) atoms. The number of nitrogens with zero attached hydrogens (tertiary/aromatic N) is 1. The van der Waals surface area contributed by atoms with E-state index in [0.717, 1.165) is 16.4 Å². The Balaban J connectivity index is 2.22. The van der Waals surface area contributed by atoms with Gasteiger partial charge in [-0.15, -0.1) is 0 Å². The molecule has 2 N–H and O–H groups in total. The maximum absolute atomic E-state index is 12.5. The van der Waals surface area contributed by atoms with Gasteiger partial charge in [-0.05, 0) is 54.5 Å². The highest BCUT2D eigenvalue weighted by Gasteiger charge is 2.22. The highest BCUT2D eigenvalue weighted by atomic mass is 32.2. The number of sulfonamides is 1. The van der Waals surface area contributed by atoms with Crippen LogP contribution in [0.2, 0.25) is 0 Å². The predicted molar refractivity (Wildman–Crippen MR) is 110 cm³/mol. The van der Waals surface area contributed by atoms with Gasteiger partial charge in [0.15, 0.2) is 5.11 Å². The number of hydrogen-bond acceptors (Lipinski definition) is 4. The van der Waals surface area contributed by atoms with Crippen LogP contribution in [0.1, 0.15) is 12.5 Å². The number of hydrogen-bond donors (Lipinski definition) is 2. The van der Waals surface area contributed by atoms with Crippen LogP contribution in [0.15, 0.2) is 47.4 Å². The predicted octanol–water partition coefficient (Wildman–Crippen LogP) is 3.32. The molecule has 0 bridgehead atoms. The van der Waals surface area contributed by atoms with E-state index >= 15 is 0 Å². The molecule has 0 saturated carbocycles. The molecule has 0 spiro atoms. The molecule has 6 nitrogen and oxygen atoms in total. The number of methoxy groups -OCH3 is 1. The zero-order valence-electron chi connectivity index (χ0n) is 15.2. The van der Waals surface area contributed by atoms with Crippen LogP contribution in [0.5, 0.6) is 5.75 Å². The number of rotatable bonds is 6. The molecule has 0 unspecified atom stereocenters. The summed E-state index contributed by atoms with van der Waals surface area (Å²) in [6.07, 6.45) is 0.931. The molecule has 2 aromatic carbocycles. The zero-order chi connectivity index (χ0) is 19.3. The van der Waals surface area contributed by atoms with E-state index in [4.69, 9.17) is 17.0 Å². The van der Waals surface area contributed by atoms with Crippen LogP contribution in [0.4, 0.5) is 11.4 Å². The molecule has 0 aliphatic rings. The molecule has 0 atom stereocenters. The first kappa shape index (κ1) is 20.2. The fraction of sp³-hybridized carbons (Fsp3) is 0.278. The third-order valence-corrected chi connectivity index (χ3v) is 5.81. The van der Waals surface area contributed by atoms with Gasteiger partial charge >= 0.3 is 0 Å². The third-order valence-electron chi connectivity index (χ3n) is 3.77. The van der Waals surface area contributed by atoms with E-state index in [0.29, 0.717) is 10.8 Å². The Morgan fingerprint density at radius 1 is 1.12 bits per heavy atom. The topological polar surface area (TPSA) is 70.7 Å². The molecule has 0 amide bonds. The van der Waals surface area contributed by atoms with Gasteiger partial charge in [0, 0.05) is 25.5 Å². The largest absolute Gasteiger partial charge is 0.495 e. The molecule has 8 heteroatoms. The SMILES string of the molecule is CCc1cccc(NC(=S)Nc2ccc(OC)c(S(=O)(=O)N(C)C)c2)c1. The van der Waals surface area contributed by atoms with Gasteiger partial charge in [-0.2, -0.15) is 0 Å². The van der Waals surface area contributed by atoms with Crippen molar-refractivity contribution in [2.75, 3.05) is 31.8 Å². The molecule has 0 saturated heterocycles. The highest BCUT2D eigenvalue weighted by molar-refractivity contribution is 7.89. The number of aryl methyl sites for hydroxylation is 1. The van der Waals surface area contributed by atoms with Gasteiger partial charge in [-0.3, -0.25) is 0 Å². The lowest BCUT2D eigenvalue weighted by molar-refractivity contribution is 0.400. The average Bonchev–Trinajstić information content (AvgIpc) is 2.61. The van der Waals surface area contributed by atoms with Crippen molar-refractivity contribution in [3.63, 3.8) is 0 Å². The maximum atomic E-state index is 12.5. The van der Waals surface area contributed by atoms with E-state index in [-0.39, 0.29) is 10.6 Å². The summed E-state index contributed by atoms with van der Waals surface area (Å²) in [4.78, 5) is 0.0748. The second kappa shape index (κ2) is 8.48. The highest BCUT2D eigenvalue weighted by Crippen LogP contribution is 2.29. The van der Waals surface area contributed by atoms with Crippen molar-refractivity contribution in [1.29, 1.82) is 0 Å². The van der Waals surface area contributed by atoms with Gasteiger partial charge in [-0.1, -0.05) is 19.1 Å². The minimum Gasteiger partial charge on any atom is -0.495 e. The van der Waals surface area contributed by atoms with Gasteiger partial charge in [0.2, 0.25) is 10.0 Å². The minimum atomic E-state index is -3.64. The number of ether oxygens (including phenoxy) is 1. The second-order valence-electron chi connectivity index (χ2n) is 5.79. The Labute approximate surface area is 160 Å². The number of nitrogens with one attached hydrogen (secondary N) is 2. The molecule has 0 aliphatic heterocycles. The van der Waals surface area contributed by atoms with E-state index in [2.05, 4.69) is 17.6 Å². The molecular formula is C18H23N3O3S2. The molecule has 0 aliphatic carbocycles. The van der Waals surface area contributed by atoms with Gasteiger partial charge in [-0.25, -0.2) is 12.7 Å². The molecular weight excluding hydrogens is 370 g/mol. The van der Waals surface area contributed by atoms with Gasteiger partial charge in [0.25, 0.3) is 0 Å². The lowest BCUT2D eigenvalue weighted by Gasteiger charge is -2.17. The fourth-order valence-corrected chi connectivity index (χ4v) is 3.63.